The van der Waals surface area contributed by atoms with E-state index in [-0.39, 0.29) is 23.3 Å². The van der Waals surface area contributed by atoms with Crippen LogP contribution in [0.25, 0.3) is 16.5 Å². The van der Waals surface area contributed by atoms with E-state index < -0.39 is 5.91 Å². The Kier molecular flexibility index (Phi) is 4.18. The van der Waals surface area contributed by atoms with Crippen LogP contribution in [-0.2, 0) is 0 Å². The van der Waals surface area contributed by atoms with Crippen LogP contribution >= 0.6 is 0 Å². The second kappa shape index (κ2) is 6.91. The number of hydrogen-bond acceptors (Lipinski definition) is 3. The first-order valence-corrected chi connectivity index (χ1v) is 9.72. The molecule has 5 rings (SSSR count). The molecule has 2 N–H and O–H groups in total. The van der Waals surface area contributed by atoms with Gasteiger partial charge in [-0.2, -0.15) is 4.99 Å². The number of carbonyl (C=O) groups is 1. The van der Waals surface area contributed by atoms with Crippen LogP contribution < -0.4 is 10.7 Å². The van der Waals surface area contributed by atoms with Crippen molar-refractivity contribution in [1.29, 1.82) is 0 Å². The molecule has 1 amide bonds. The van der Waals surface area contributed by atoms with Crippen molar-refractivity contribution in [1.82, 2.24) is 4.57 Å². The van der Waals surface area contributed by atoms with Gasteiger partial charge in [0.05, 0.1) is 16.4 Å². The van der Waals surface area contributed by atoms with Crippen LogP contribution in [0.1, 0.15) is 21.5 Å². The zero-order valence-electron chi connectivity index (χ0n) is 16.9. The molecule has 7 nitrogen and oxygen atoms in total. The Hall–Kier alpha value is -4.26. The largest absolute Gasteiger partial charge is 0.494 e. The standard InChI is InChI=1S/C24H18N4O3/c1-13-7-8-14(2)20(11-13)28-22(30)16-10-9-15(12-17(16)23(28)31)21(29)27-24-25-18-5-3-4-6-19(18)26-24/h3-12,30-31H,1-2H3. The van der Waals surface area contributed by atoms with Gasteiger partial charge in [0.25, 0.3) is 11.9 Å². The van der Waals surface area contributed by atoms with E-state index in [9.17, 15) is 15.0 Å². The van der Waals surface area contributed by atoms with Gasteiger partial charge in [0.1, 0.15) is 0 Å². The molecule has 0 atom stereocenters. The van der Waals surface area contributed by atoms with Crippen molar-refractivity contribution >= 4 is 22.6 Å². The summed E-state index contributed by atoms with van der Waals surface area (Å²) in [6.45, 7) is 3.84. The molecule has 2 heterocycles. The molecule has 1 aliphatic heterocycles. The number of aromatic hydroxyl groups is 2. The van der Waals surface area contributed by atoms with Crippen molar-refractivity contribution in [3.8, 4) is 17.4 Å². The summed E-state index contributed by atoms with van der Waals surface area (Å²) in [6.07, 6.45) is 0. The van der Waals surface area contributed by atoms with Gasteiger partial charge in [-0.3, -0.25) is 9.36 Å². The highest BCUT2D eigenvalue weighted by Crippen LogP contribution is 2.40. The molecule has 0 fully saturated rings. The SMILES string of the molecule is Cc1ccc(C)c(-n2c(O)c3ccc(C(=O)N=C4N=c5ccccc5=N4)cc3c2O)c1. The number of aryl methyl sites for hydroxylation is 2. The number of guanidine groups is 1. The lowest BCUT2D eigenvalue weighted by atomic mass is 10.1. The molecule has 0 unspecified atom stereocenters. The minimum absolute atomic E-state index is 0.0892. The normalized spacial score (nSPS) is 12.4. The van der Waals surface area contributed by atoms with Gasteiger partial charge in [0.15, 0.2) is 0 Å². The molecule has 1 aromatic heterocycles. The number of nitrogens with zero attached hydrogens (tertiary/aromatic N) is 4. The summed E-state index contributed by atoms with van der Waals surface area (Å²) in [6, 6.07) is 17.7. The van der Waals surface area contributed by atoms with Gasteiger partial charge in [-0.15, -0.1) is 0 Å². The van der Waals surface area contributed by atoms with Crippen molar-refractivity contribution in [2.45, 2.75) is 13.8 Å². The molecule has 0 saturated carbocycles. The Balaban J connectivity index is 1.59. The van der Waals surface area contributed by atoms with E-state index in [4.69, 9.17) is 0 Å². The number of fused-ring (bicyclic) bond motifs is 2. The quantitative estimate of drug-likeness (QED) is 0.531. The second-order valence-corrected chi connectivity index (χ2v) is 7.46. The highest BCUT2D eigenvalue weighted by Gasteiger charge is 2.20. The summed E-state index contributed by atoms with van der Waals surface area (Å²) < 4.78 is 1.38. The van der Waals surface area contributed by atoms with Gasteiger partial charge in [-0.1, -0.05) is 24.3 Å². The number of para-hydroxylation sites is 2. The van der Waals surface area contributed by atoms with Gasteiger partial charge in [-0.25, -0.2) is 9.98 Å². The number of amides is 1. The van der Waals surface area contributed by atoms with Crippen LogP contribution in [-0.4, -0.2) is 26.6 Å². The number of rotatable bonds is 2. The van der Waals surface area contributed by atoms with Gasteiger partial charge in [-0.05, 0) is 61.4 Å². The molecular formula is C24H18N4O3. The molecule has 152 valence electrons. The molecular weight excluding hydrogens is 392 g/mol. The van der Waals surface area contributed by atoms with Gasteiger partial charge >= 0.3 is 0 Å². The molecule has 0 aliphatic carbocycles. The first-order valence-electron chi connectivity index (χ1n) is 9.72. The maximum absolute atomic E-state index is 12.7. The monoisotopic (exact) mass is 410 g/mol. The fourth-order valence-corrected chi connectivity index (χ4v) is 3.69. The van der Waals surface area contributed by atoms with Crippen molar-refractivity contribution in [2.24, 2.45) is 15.0 Å². The zero-order valence-corrected chi connectivity index (χ0v) is 16.9. The third-order valence-electron chi connectivity index (χ3n) is 5.30. The molecule has 0 radical (unpaired) electrons. The van der Waals surface area contributed by atoms with E-state index in [1.54, 1.807) is 24.3 Å². The molecule has 0 saturated heterocycles. The van der Waals surface area contributed by atoms with Gasteiger partial charge in [0.2, 0.25) is 11.8 Å². The number of aromatic nitrogens is 1. The Morgan fingerprint density at radius 1 is 0.871 bits per heavy atom. The van der Waals surface area contributed by atoms with E-state index in [0.717, 1.165) is 11.1 Å². The zero-order chi connectivity index (χ0) is 21.7. The third-order valence-corrected chi connectivity index (χ3v) is 5.30. The van der Waals surface area contributed by atoms with E-state index in [0.29, 0.717) is 27.2 Å². The summed E-state index contributed by atoms with van der Waals surface area (Å²) in [7, 11) is 0. The van der Waals surface area contributed by atoms with E-state index >= 15 is 0 Å². The number of benzene rings is 3. The van der Waals surface area contributed by atoms with E-state index in [2.05, 4.69) is 15.0 Å². The molecule has 7 heteroatoms. The topological polar surface area (TPSA) is 99.5 Å². The summed E-state index contributed by atoms with van der Waals surface area (Å²) in [5.41, 5.74) is 2.81. The van der Waals surface area contributed by atoms with Crippen LogP contribution in [0.3, 0.4) is 0 Å². The van der Waals surface area contributed by atoms with Crippen molar-refractivity contribution in [3.63, 3.8) is 0 Å². The highest BCUT2D eigenvalue weighted by molar-refractivity contribution is 6.06. The summed E-state index contributed by atoms with van der Waals surface area (Å²) in [5, 5.41) is 23.7. The molecule has 1 aliphatic rings. The average molecular weight is 410 g/mol. The lowest BCUT2D eigenvalue weighted by Gasteiger charge is -2.11. The fraction of sp³-hybridized carbons (Fsp3) is 0.0833. The Labute approximate surface area is 177 Å². The molecule has 31 heavy (non-hydrogen) atoms. The smallest absolute Gasteiger partial charge is 0.280 e. The summed E-state index contributed by atoms with van der Waals surface area (Å²) in [4.78, 5) is 25.2. The second-order valence-electron chi connectivity index (χ2n) is 7.46. The predicted octanol–water partition coefficient (Wildman–Crippen LogP) is 3.11. The predicted molar refractivity (Wildman–Crippen MR) is 117 cm³/mol. The van der Waals surface area contributed by atoms with Crippen LogP contribution in [0, 0.1) is 13.8 Å². The minimum Gasteiger partial charge on any atom is -0.494 e. The van der Waals surface area contributed by atoms with Crippen LogP contribution in [0.15, 0.2) is 75.6 Å². The summed E-state index contributed by atoms with van der Waals surface area (Å²) >= 11 is 0. The maximum Gasteiger partial charge on any atom is 0.280 e. The number of hydrogen-bond donors (Lipinski definition) is 2. The minimum atomic E-state index is -0.532. The van der Waals surface area contributed by atoms with Crippen molar-refractivity contribution < 1.29 is 15.0 Å². The average Bonchev–Trinajstić information content (AvgIpc) is 3.28. The van der Waals surface area contributed by atoms with E-state index in [1.807, 2.05) is 44.2 Å². The van der Waals surface area contributed by atoms with Crippen molar-refractivity contribution in [2.75, 3.05) is 0 Å². The Morgan fingerprint density at radius 2 is 1.55 bits per heavy atom. The first-order chi connectivity index (χ1) is 14.9. The van der Waals surface area contributed by atoms with Crippen LogP contribution in [0.4, 0.5) is 0 Å². The molecule has 0 spiro atoms. The molecule has 4 aromatic rings. The lowest BCUT2D eigenvalue weighted by Crippen LogP contribution is -2.19. The lowest BCUT2D eigenvalue weighted by molar-refractivity contribution is 0.100. The van der Waals surface area contributed by atoms with Crippen LogP contribution in [0.2, 0.25) is 0 Å². The molecule has 0 bridgehead atoms. The fourth-order valence-electron chi connectivity index (χ4n) is 3.69. The van der Waals surface area contributed by atoms with Gasteiger partial charge in [0, 0.05) is 16.3 Å². The van der Waals surface area contributed by atoms with Gasteiger partial charge < -0.3 is 10.2 Å². The maximum atomic E-state index is 12.7. The van der Waals surface area contributed by atoms with Crippen molar-refractivity contribution in [3.05, 3.63) is 88.1 Å². The first kappa shape index (κ1) is 18.7. The Morgan fingerprint density at radius 3 is 2.26 bits per heavy atom. The Bertz CT molecular complexity index is 1510. The third kappa shape index (κ3) is 3.07. The highest BCUT2D eigenvalue weighted by atomic mass is 16.3. The summed E-state index contributed by atoms with van der Waals surface area (Å²) in [5.74, 6) is -0.684. The van der Waals surface area contributed by atoms with Crippen LogP contribution in [0.5, 0.6) is 11.8 Å². The molecule has 3 aromatic carbocycles. The number of carbonyl (C=O) groups excluding carboxylic acids is 1. The number of aliphatic imine (C=N–C) groups is 1. The van der Waals surface area contributed by atoms with E-state index in [1.165, 1.54) is 10.6 Å².